The lowest BCUT2D eigenvalue weighted by Gasteiger charge is -2.05. The van der Waals surface area contributed by atoms with E-state index in [0.717, 1.165) is 26.9 Å². The Bertz CT molecular complexity index is 588. The van der Waals surface area contributed by atoms with Crippen molar-refractivity contribution >= 4 is 23.4 Å². The molecule has 0 amide bonds. The van der Waals surface area contributed by atoms with Gasteiger partial charge >= 0.3 is 0 Å². The minimum absolute atomic E-state index is 0.663. The first-order valence-corrected chi connectivity index (χ1v) is 6.80. The van der Waals surface area contributed by atoms with Gasteiger partial charge in [-0.05, 0) is 36.2 Å². The van der Waals surface area contributed by atoms with Gasteiger partial charge in [0.15, 0.2) is 0 Å². The van der Waals surface area contributed by atoms with Gasteiger partial charge in [-0.15, -0.1) is 11.8 Å². The molecule has 0 aliphatic heterocycles. The monoisotopic (exact) mass is 274 g/mol. The third kappa shape index (κ3) is 3.04. The van der Waals surface area contributed by atoms with E-state index in [2.05, 4.69) is 11.1 Å². The summed E-state index contributed by atoms with van der Waals surface area (Å²) in [6.45, 7) is 1.92. The highest BCUT2D eigenvalue weighted by Gasteiger charge is 2.07. The van der Waals surface area contributed by atoms with Crippen molar-refractivity contribution in [3.8, 4) is 6.07 Å². The number of thioether (sulfide) groups is 1. The summed E-state index contributed by atoms with van der Waals surface area (Å²) in [5, 5.41) is 10.6. The Kier molecular flexibility index (Phi) is 4.24. The first kappa shape index (κ1) is 12.9. The van der Waals surface area contributed by atoms with Gasteiger partial charge in [-0.2, -0.15) is 5.26 Å². The van der Waals surface area contributed by atoms with Crippen molar-refractivity contribution in [1.82, 2.24) is 4.98 Å². The van der Waals surface area contributed by atoms with E-state index in [4.69, 9.17) is 16.9 Å². The number of hydrogen-bond acceptors (Lipinski definition) is 3. The number of aromatic nitrogens is 1. The molecule has 0 saturated heterocycles. The molecule has 2 nitrogen and oxygen atoms in total. The first-order valence-electron chi connectivity index (χ1n) is 5.43. The fourth-order valence-corrected chi connectivity index (χ4v) is 2.62. The lowest BCUT2D eigenvalue weighted by atomic mass is 10.2. The van der Waals surface area contributed by atoms with Crippen molar-refractivity contribution in [3.63, 3.8) is 0 Å². The number of aryl methyl sites for hydroxylation is 1. The molecule has 2 rings (SSSR count). The van der Waals surface area contributed by atoms with Gasteiger partial charge in [0, 0.05) is 17.0 Å². The van der Waals surface area contributed by atoms with Gasteiger partial charge in [0.25, 0.3) is 0 Å². The van der Waals surface area contributed by atoms with Gasteiger partial charge in [0.05, 0.1) is 5.56 Å². The maximum atomic E-state index is 9.11. The number of rotatable bonds is 3. The highest BCUT2D eigenvalue weighted by molar-refractivity contribution is 7.98. The molecule has 1 aromatic heterocycles. The molecular formula is C14H11ClN2S. The second-order valence-electron chi connectivity index (χ2n) is 3.83. The number of nitriles is 1. The third-order valence-electron chi connectivity index (χ3n) is 2.53. The van der Waals surface area contributed by atoms with E-state index in [0.29, 0.717) is 5.56 Å². The standard InChI is InChI=1S/C14H11ClN2S/c1-10-6-7-17-14(13(10)8-16)18-9-11-2-4-12(15)5-3-11/h2-7H,9H2,1H3. The quantitative estimate of drug-likeness (QED) is 0.787. The molecule has 18 heavy (non-hydrogen) atoms. The zero-order chi connectivity index (χ0) is 13.0. The second kappa shape index (κ2) is 5.90. The minimum Gasteiger partial charge on any atom is -0.249 e. The van der Waals surface area contributed by atoms with Gasteiger partial charge < -0.3 is 0 Å². The smallest absolute Gasteiger partial charge is 0.114 e. The van der Waals surface area contributed by atoms with Gasteiger partial charge in [-0.3, -0.25) is 0 Å². The molecule has 0 radical (unpaired) electrons. The van der Waals surface area contributed by atoms with Crippen molar-refractivity contribution in [3.05, 3.63) is 58.2 Å². The Balaban J connectivity index is 2.14. The lowest BCUT2D eigenvalue weighted by Crippen LogP contribution is -1.91. The third-order valence-corrected chi connectivity index (χ3v) is 3.84. The predicted molar refractivity (Wildman–Crippen MR) is 74.7 cm³/mol. The fraction of sp³-hybridized carbons (Fsp3) is 0.143. The Morgan fingerprint density at radius 1 is 1.28 bits per heavy atom. The normalized spacial score (nSPS) is 10.1. The van der Waals surface area contributed by atoms with E-state index in [-0.39, 0.29) is 0 Å². The van der Waals surface area contributed by atoms with E-state index in [1.807, 2.05) is 37.3 Å². The summed E-state index contributed by atoms with van der Waals surface area (Å²) in [4.78, 5) is 4.26. The zero-order valence-corrected chi connectivity index (χ0v) is 11.4. The molecule has 90 valence electrons. The molecule has 2 aromatic rings. The summed E-state index contributed by atoms with van der Waals surface area (Å²) in [5.41, 5.74) is 2.79. The molecule has 1 heterocycles. The average molecular weight is 275 g/mol. The maximum Gasteiger partial charge on any atom is 0.114 e. The van der Waals surface area contributed by atoms with Crippen LogP contribution in [0.2, 0.25) is 5.02 Å². The summed E-state index contributed by atoms with van der Waals surface area (Å²) < 4.78 is 0. The lowest BCUT2D eigenvalue weighted by molar-refractivity contribution is 1.08. The largest absolute Gasteiger partial charge is 0.249 e. The molecule has 0 bridgehead atoms. The summed E-state index contributed by atoms with van der Waals surface area (Å²) >= 11 is 7.40. The van der Waals surface area contributed by atoms with Crippen LogP contribution in [0.25, 0.3) is 0 Å². The van der Waals surface area contributed by atoms with Crippen molar-refractivity contribution in [2.24, 2.45) is 0 Å². The highest BCUT2D eigenvalue weighted by Crippen LogP contribution is 2.26. The van der Waals surface area contributed by atoms with E-state index in [1.54, 1.807) is 18.0 Å². The Morgan fingerprint density at radius 2 is 2.00 bits per heavy atom. The van der Waals surface area contributed by atoms with E-state index in [1.165, 1.54) is 0 Å². The summed E-state index contributed by atoms with van der Waals surface area (Å²) in [7, 11) is 0. The molecule has 0 aliphatic rings. The fourth-order valence-electron chi connectivity index (χ4n) is 1.51. The van der Waals surface area contributed by atoms with Gasteiger partial charge in [-0.1, -0.05) is 23.7 Å². The molecule has 0 unspecified atom stereocenters. The SMILES string of the molecule is Cc1ccnc(SCc2ccc(Cl)cc2)c1C#N. The molecule has 1 aromatic carbocycles. The van der Waals surface area contributed by atoms with Crippen molar-refractivity contribution in [1.29, 1.82) is 5.26 Å². The highest BCUT2D eigenvalue weighted by atomic mass is 35.5. The van der Waals surface area contributed by atoms with Gasteiger partial charge in [-0.25, -0.2) is 4.98 Å². The molecule has 0 fully saturated rings. The van der Waals surface area contributed by atoms with Crippen LogP contribution in [0.5, 0.6) is 0 Å². The van der Waals surface area contributed by atoms with Crippen LogP contribution >= 0.6 is 23.4 Å². The van der Waals surface area contributed by atoms with Crippen LogP contribution in [0.15, 0.2) is 41.6 Å². The Morgan fingerprint density at radius 3 is 2.67 bits per heavy atom. The number of hydrogen-bond donors (Lipinski definition) is 0. The molecule has 4 heteroatoms. The zero-order valence-electron chi connectivity index (χ0n) is 9.85. The first-order chi connectivity index (χ1) is 8.70. The predicted octanol–water partition coefficient (Wildman–Crippen LogP) is 4.21. The van der Waals surface area contributed by atoms with E-state index < -0.39 is 0 Å². The molecule has 0 spiro atoms. The van der Waals surface area contributed by atoms with E-state index >= 15 is 0 Å². The maximum absolute atomic E-state index is 9.11. The van der Waals surface area contributed by atoms with Crippen molar-refractivity contribution < 1.29 is 0 Å². The number of nitrogens with zero attached hydrogens (tertiary/aromatic N) is 2. The van der Waals surface area contributed by atoms with Crippen molar-refractivity contribution in [2.45, 2.75) is 17.7 Å². The summed E-state index contributed by atoms with van der Waals surface area (Å²) in [6.07, 6.45) is 1.74. The summed E-state index contributed by atoms with van der Waals surface area (Å²) in [6, 6.07) is 11.8. The van der Waals surface area contributed by atoms with Crippen LogP contribution < -0.4 is 0 Å². The van der Waals surface area contributed by atoms with E-state index in [9.17, 15) is 0 Å². The molecule has 0 saturated carbocycles. The van der Waals surface area contributed by atoms with Crippen LogP contribution in [0.4, 0.5) is 0 Å². The average Bonchev–Trinajstić information content (AvgIpc) is 2.38. The van der Waals surface area contributed by atoms with Crippen molar-refractivity contribution in [2.75, 3.05) is 0 Å². The Labute approximate surface area is 116 Å². The molecule has 0 aliphatic carbocycles. The number of benzene rings is 1. The van der Waals surface area contributed by atoms with Gasteiger partial charge in [0.1, 0.15) is 11.1 Å². The van der Waals surface area contributed by atoms with Crippen LogP contribution in [-0.4, -0.2) is 4.98 Å². The summed E-state index contributed by atoms with van der Waals surface area (Å²) in [5.74, 6) is 0.780. The van der Waals surface area contributed by atoms with Crippen LogP contribution in [0.3, 0.4) is 0 Å². The Hall–Kier alpha value is -1.50. The molecule has 0 N–H and O–H groups in total. The van der Waals surface area contributed by atoms with Crippen LogP contribution in [-0.2, 0) is 5.75 Å². The number of pyridine rings is 1. The number of halogens is 1. The molecule has 0 atom stereocenters. The minimum atomic E-state index is 0.663. The second-order valence-corrected chi connectivity index (χ2v) is 5.24. The molecular weight excluding hydrogens is 264 g/mol. The van der Waals surface area contributed by atoms with Crippen LogP contribution in [0.1, 0.15) is 16.7 Å². The van der Waals surface area contributed by atoms with Crippen LogP contribution in [0, 0.1) is 18.3 Å². The van der Waals surface area contributed by atoms with Gasteiger partial charge in [0.2, 0.25) is 0 Å². The topological polar surface area (TPSA) is 36.7 Å².